The Bertz CT molecular complexity index is 114. The molecule has 1 amide bonds. The lowest BCUT2D eigenvalue weighted by Gasteiger charge is -2.17. The molecule has 0 spiro atoms. The predicted molar refractivity (Wildman–Crippen MR) is 44.8 cm³/mol. The van der Waals surface area contributed by atoms with Crippen LogP contribution in [0.25, 0.3) is 0 Å². The third kappa shape index (κ3) is 4.66. The second-order valence-electron chi connectivity index (χ2n) is 1.98. The van der Waals surface area contributed by atoms with Crippen LogP contribution in [0.5, 0.6) is 0 Å². The molecular weight excluding hydrogens is 154 g/mol. The molecular formula is C5H11NOS2. The number of amides is 1. The zero-order valence-corrected chi connectivity index (χ0v) is 7.08. The Hall–Kier alpha value is 0.170. The minimum atomic E-state index is -0.522. The van der Waals surface area contributed by atoms with Crippen molar-refractivity contribution in [2.45, 2.75) is 23.8 Å². The highest BCUT2D eigenvalue weighted by Crippen LogP contribution is 2.26. The van der Waals surface area contributed by atoms with Crippen molar-refractivity contribution in [3.8, 4) is 0 Å². The van der Waals surface area contributed by atoms with Gasteiger partial charge in [-0.2, -0.15) is 25.3 Å². The maximum Gasteiger partial charge on any atom is 0.219 e. The molecule has 0 aromatic carbocycles. The van der Waals surface area contributed by atoms with Crippen molar-refractivity contribution >= 4 is 31.2 Å². The van der Waals surface area contributed by atoms with E-state index >= 15 is 0 Å². The molecule has 0 aromatic rings. The molecule has 0 radical (unpaired) electrons. The van der Waals surface area contributed by atoms with E-state index in [0.717, 1.165) is 6.42 Å². The molecule has 0 bridgehead atoms. The zero-order chi connectivity index (χ0) is 7.49. The number of primary amides is 1. The van der Waals surface area contributed by atoms with Crippen molar-refractivity contribution in [3.05, 3.63) is 0 Å². The lowest BCUT2D eigenvalue weighted by molar-refractivity contribution is -0.118. The minimum Gasteiger partial charge on any atom is -0.370 e. The molecule has 0 fully saturated rings. The summed E-state index contributed by atoms with van der Waals surface area (Å²) in [7, 11) is 0. The molecule has 54 valence electrons. The molecule has 0 saturated heterocycles. The summed E-state index contributed by atoms with van der Waals surface area (Å²) in [5.74, 6) is -0.359. The second-order valence-corrected chi connectivity index (χ2v) is 4.04. The first-order valence-electron chi connectivity index (χ1n) is 2.71. The van der Waals surface area contributed by atoms with Crippen LogP contribution in [0.15, 0.2) is 0 Å². The Morgan fingerprint density at radius 3 is 2.22 bits per heavy atom. The highest BCUT2D eigenvalue weighted by molar-refractivity contribution is 8.00. The molecule has 2 nitrogen and oxygen atoms in total. The topological polar surface area (TPSA) is 43.1 Å². The molecule has 0 aliphatic rings. The monoisotopic (exact) mass is 165 g/mol. The van der Waals surface area contributed by atoms with Crippen LogP contribution in [0.1, 0.15) is 19.8 Å². The van der Waals surface area contributed by atoms with Gasteiger partial charge in [0.15, 0.2) is 0 Å². The van der Waals surface area contributed by atoms with Crippen molar-refractivity contribution < 1.29 is 4.79 Å². The van der Waals surface area contributed by atoms with E-state index < -0.39 is 4.08 Å². The fraction of sp³-hybridized carbons (Fsp3) is 0.800. The van der Waals surface area contributed by atoms with Crippen LogP contribution < -0.4 is 5.73 Å². The quantitative estimate of drug-likeness (QED) is 0.421. The molecule has 0 saturated carbocycles. The molecule has 0 aliphatic heterocycles. The van der Waals surface area contributed by atoms with Gasteiger partial charge < -0.3 is 5.73 Å². The van der Waals surface area contributed by atoms with Crippen molar-refractivity contribution in [2.75, 3.05) is 0 Å². The van der Waals surface area contributed by atoms with Crippen molar-refractivity contribution in [1.82, 2.24) is 0 Å². The van der Waals surface area contributed by atoms with E-state index in [9.17, 15) is 4.79 Å². The second kappa shape index (κ2) is 3.37. The summed E-state index contributed by atoms with van der Waals surface area (Å²) in [4.78, 5) is 10.3. The molecule has 0 atom stereocenters. The predicted octanol–water partition coefficient (Wildman–Crippen LogP) is 0.828. The van der Waals surface area contributed by atoms with E-state index in [1.165, 1.54) is 0 Å². The van der Waals surface area contributed by atoms with Gasteiger partial charge in [-0.25, -0.2) is 0 Å². The smallest absolute Gasteiger partial charge is 0.219 e. The summed E-state index contributed by atoms with van der Waals surface area (Å²) >= 11 is 8.18. The standard InChI is InChI=1S/C5H11NOS2/c1-2-5(8,9)3-4(6)7/h8-9H,2-3H2,1H3,(H2,6,7). The van der Waals surface area contributed by atoms with Crippen molar-refractivity contribution in [2.24, 2.45) is 5.73 Å². The summed E-state index contributed by atoms with van der Waals surface area (Å²) < 4.78 is -0.522. The Labute approximate surface area is 66.0 Å². The van der Waals surface area contributed by atoms with Crippen molar-refractivity contribution in [1.29, 1.82) is 0 Å². The molecule has 0 heterocycles. The molecule has 2 N–H and O–H groups in total. The number of rotatable bonds is 3. The molecule has 0 rings (SSSR count). The maximum absolute atomic E-state index is 10.3. The SMILES string of the molecule is CCC(S)(S)CC(N)=O. The highest BCUT2D eigenvalue weighted by atomic mass is 32.2. The fourth-order valence-corrected chi connectivity index (χ4v) is 0.716. The average Bonchev–Trinajstić information content (AvgIpc) is 1.63. The molecule has 4 heteroatoms. The van der Waals surface area contributed by atoms with Gasteiger partial charge in [-0.1, -0.05) is 6.92 Å². The number of hydrogen-bond donors (Lipinski definition) is 3. The zero-order valence-electron chi connectivity index (χ0n) is 5.29. The highest BCUT2D eigenvalue weighted by Gasteiger charge is 2.19. The normalized spacial score (nSPS) is 11.4. The Morgan fingerprint density at radius 1 is 1.67 bits per heavy atom. The third-order valence-corrected chi connectivity index (χ3v) is 1.97. The van der Waals surface area contributed by atoms with Gasteiger partial charge in [-0.05, 0) is 6.42 Å². The van der Waals surface area contributed by atoms with Gasteiger partial charge >= 0.3 is 0 Å². The number of carbonyl (C=O) groups is 1. The molecule has 0 aliphatic carbocycles. The summed E-state index contributed by atoms with van der Waals surface area (Å²) in [5.41, 5.74) is 4.92. The van der Waals surface area contributed by atoms with Crippen molar-refractivity contribution in [3.63, 3.8) is 0 Å². The van der Waals surface area contributed by atoms with Gasteiger partial charge in [0, 0.05) is 6.42 Å². The van der Waals surface area contributed by atoms with Crippen LogP contribution in [-0.2, 0) is 4.79 Å². The molecule has 9 heavy (non-hydrogen) atoms. The number of nitrogens with two attached hydrogens (primary N) is 1. The largest absolute Gasteiger partial charge is 0.370 e. The van der Waals surface area contributed by atoms with Gasteiger partial charge in [-0.3, -0.25) is 4.79 Å². The molecule has 0 unspecified atom stereocenters. The fourth-order valence-electron chi connectivity index (χ4n) is 0.404. The van der Waals surface area contributed by atoms with E-state index in [1.807, 2.05) is 6.92 Å². The van der Waals surface area contributed by atoms with E-state index in [2.05, 4.69) is 25.3 Å². The first-order valence-corrected chi connectivity index (χ1v) is 3.60. The maximum atomic E-state index is 10.3. The van der Waals surface area contributed by atoms with Gasteiger partial charge in [0.25, 0.3) is 0 Å². The Kier molecular flexibility index (Phi) is 3.43. The number of hydrogen-bond acceptors (Lipinski definition) is 3. The first-order chi connectivity index (χ1) is 3.98. The van der Waals surface area contributed by atoms with E-state index in [4.69, 9.17) is 5.73 Å². The van der Waals surface area contributed by atoms with E-state index in [-0.39, 0.29) is 12.3 Å². The lowest BCUT2D eigenvalue weighted by Crippen LogP contribution is -2.22. The Morgan fingerprint density at radius 2 is 2.11 bits per heavy atom. The number of thiol groups is 2. The van der Waals surface area contributed by atoms with Crippen LogP contribution >= 0.6 is 25.3 Å². The lowest BCUT2D eigenvalue weighted by atomic mass is 10.2. The van der Waals surface area contributed by atoms with E-state index in [1.54, 1.807) is 0 Å². The third-order valence-electron chi connectivity index (χ3n) is 1.02. The van der Waals surface area contributed by atoms with Crippen LogP contribution in [-0.4, -0.2) is 9.99 Å². The van der Waals surface area contributed by atoms with Crippen LogP contribution in [0, 0.1) is 0 Å². The summed E-state index contributed by atoms with van der Waals surface area (Å²) in [5, 5.41) is 0. The van der Waals surface area contributed by atoms with Crippen LogP contribution in [0.4, 0.5) is 0 Å². The van der Waals surface area contributed by atoms with Crippen LogP contribution in [0.2, 0.25) is 0 Å². The van der Waals surface area contributed by atoms with Gasteiger partial charge in [0.2, 0.25) is 5.91 Å². The average molecular weight is 165 g/mol. The van der Waals surface area contributed by atoms with Gasteiger partial charge in [0.05, 0.1) is 4.08 Å². The first kappa shape index (κ1) is 9.17. The Balaban J connectivity index is 3.71. The number of carbonyl (C=O) groups excluding carboxylic acids is 1. The van der Waals surface area contributed by atoms with Gasteiger partial charge in [0.1, 0.15) is 0 Å². The summed E-state index contributed by atoms with van der Waals surface area (Å²) in [6.07, 6.45) is 0.942. The summed E-state index contributed by atoms with van der Waals surface area (Å²) in [6.45, 7) is 1.91. The minimum absolute atomic E-state index is 0.218. The molecule has 0 aromatic heterocycles. The van der Waals surface area contributed by atoms with Crippen LogP contribution in [0.3, 0.4) is 0 Å². The van der Waals surface area contributed by atoms with E-state index in [0.29, 0.717) is 0 Å². The summed E-state index contributed by atoms with van der Waals surface area (Å²) in [6, 6.07) is 0. The van der Waals surface area contributed by atoms with Gasteiger partial charge in [-0.15, -0.1) is 0 Å².